The van der Waals surface area contributed by atoms with Gasteiger partial charge in [-0.15, -0.1) is 16.7 Å². The lowest BCUT2D eigenvalue weighted by Gasteiger charge is -2.20. The number of hydrogen-bond acceptors (Lipinski definition) is 6. The first kappa shape index (κ1) is 20.2. The summed E-state index contributed by atoms with van der Waals surface area (Å²) in [6, 6.07) is 5.14. The SMILES string of the molecule is CCCCCCOc1ccc(C([CH-][N+](=O)[O-])SC(C)=O)cc1OC. The minimum atomic E-state index is -0.662. The third-order valence-corrected chi connectivity index (χ3v) is 4.30. The normalized spacial score (nSPS) is 11.6. The fraction of sp³-hybridized carbons (Fsp3) is 0.529. The summed E-state index contributed by atoms with van der Waals surface area (Å²) in [4.78, 5) is 21.6. The summed E-state index contributed by atoms with van der Waals surface area (Å²) in [6.07, 6.45) is 4.43. The van der Waals surface area contributed by atoms with Gasteiger partial charge in [-0.2, -0.15) is 0 Å². The van der Waals surface area contributed by atoms with E-state index in [2.05, 4.69) is 6.92 Å². The zero-order valence-electron chi connectivity index (χ0n) is 14.3. The molecule has 0 aliphatic rings. The summed E-state index contributed by atoms with van der Waals surface area (Å²) in [7, 11) is 1.52. The van der Waals surface area contributed by atoms with Crippen LogP contribution in [0.5, 0.6) is 11.5 Å². The molecule has 0 saturated carbocycles. The van der Waals surface area contributed by atoms with Crippen LogP contribution in [0.4, 0.5) is 0 Å². The highest BCUT2D eigenvalue weighted by molar-refractivity contribution is 8.13. The van der Waals surface area contributed by atoms with Gasteiger partial charge in [0.25, 0.3) is 0 Å². The molecule has 0 fully saturated rings. The fourth-order valence-electron chi connectivity index (χ4n) is 2.17. The molecule has 1 aromatic rings. The van der Waals surface area contributed by atoms with E-state index in [1.807, 2.05) is 0 Å². The van der Waals surface area contributed by atoms with Crippen molar-refractivity contribution in [2.75, 3.05) is 13.7 Å². The van der Waals surface area contributed by atoms with Gasteiger partial charge in [-0.25, -0.2) is 0 Å². The topological polar surface area (TPSA) is 78.7 Å². The quantitative estimate of drug-likeness (QED) is 0.253. The lowest BCUT2D eigenvalue weighted by molar-refractivity contribution is -0.437. The summed E-state index contributed by atoms with van der Waals surface area (Å²) >= 11 is 0.900. The number of thioether (sulfide) groups is 1. The van der Waals surface area contributed by atoms with Crippen LogP contribution in [-0.4, -0.2) is 23.8 Å². The second-order valence-corrected chi connectivity index (χ2v) is 6.60. The summed E-state index contributed by atoms with van der Waals surface area (Å²) in [5.41, 5.74) is 0.627. The van der Waals surface area contributed by atoms with Crippen LogP contribution < -0.4 is 9.47 Å². The molecule has 1 unspecified atom stereocenters. The molecule has 1 rings (SSSR count). The number of rotatable bonds is 11. The maximum Gasteiger partial charge on any atom is 0.184 e. The summed E-state index contributed by atoms with van der Waals surface area (Å²) in [5.74, 6) is 1.11. The molecule has 1 aromatic carbocycles. The van der Waals surface area contributed by atoms with Crippen molar-refractivity contribution in [2.45, 2.75) is 44.8 Å². The van der Waals surface area contributed by atoms with E-state index in [0.29, 0.717) is 23.7 Å². The van der Waals surface area contributed by atoms with Crippen molar-refractivity contribution < 1.29 is 19.2 Å². The highest BCUT2D eigenvalue weighted by Crippen LogP contribution is 2.37. The average molecular weight is 354 g/mol. The maximum absolute atomic E-state index is 11.3. The second-order valence-electron chi connectivity index (χ2n) is 5.28. The van der Waals surface area contributed by atoms with E-state index < -0.39 is 10.2 Å². The minimum absolute atomic E-state index is 0.187. The van der Waals surface area contributed by atoms with Crippen LogP contribution in [0.15, 0.2) is 18.2 Å². The molecule has 0 aliphatic carbocycles. The fourth-order valence-corrected chi connectivity index (χ4v) is 2.97. The molecule has 6 nitrogen and oxygen atoms in total. The van der Waals surface area contributed by atoms with Crippen LogP contribution in [0.1, 0.15) is 50.3 Å². The second kappa shape index (κ2) is 10.8. The number of nitrogens with zero attached hydrogens (tertiary/aromatic N) is 1. The van der Waals surface area contributed by atoms with Crippen molar-refractivity contribution in [3.05, 3.63) is 40.4 Å². The molecule has 0 heterocycles. The zero-order valence-corrected chi connectivity index (χ0v) is 15.1. The Hall–Kier alpha value is -1.89. The van der Waals surface area contributed by atoms with E-state index in [4.69, 9.17) is 9.47 Å². The summed E-state index contributed by atoms with van der Waals surface area (Å²) in [6.45, 7) is 5.05. The molecule has 0 aromatic heterocycles. The van der Waals surface area contributed by atoms with E-state index in [1.54, 1.807) is 18.2 Å². The smallest absolute Gasteiger partial charge is 0.184 e. The molecule has 24 heavy (non-hydrogen) atoms. The van der Waals surface area contributed by atoms with Crippen molar-refractivity contribution >= 4 is 16.9 Å². The highest BCUT2D eigenvalue weighted by Gasteiger charge is 2.15. The Morgan fingerprint density at radius 2 is 2.08 bits per heavy atom. The molecule has 0 saturated heterocycles. The van der Waals surface area contributed by atoms with E-state index in [0.717, 1.165) is 31.1 Å². The highest BCUT2D eigenvalue weighted by atomic mass is 32.2. The van der Waals surface area contributed by atoms with Crippen LogP contribution >= 0.6 is 11.8 Å². The average Bonchev–Trinajstić information content (AvgIpc) is 2.53. The standard InChI is InChI=1S/C17H24NO5S/c1-4-5-6-7-10-23-15-9-8-14(11-16(15)22-3)17(12-18(20)21)24-13(2)19/h8-9,11-12,17H,4-7,10H2,1-3H3/q-1. The van der Waals surface area contributed by atoms with Crippen molar-refractivity contribution in [1.82, 2.24) is 0 Å². The Morgan fingerprint density at radius 3 is 2.67 bits per heavy atom. The lowest BCUT2D eigenvalue weighted by atomic mass is 10.1. The van der Waals surface area contributed by atoms with Crippen molar-refractivity contribution in [1.29, 1.82) is 0 Å². The molecule has 7 heteroatoms. The third-order valence-electron chi connectivity index (χ3n) is 3.32. The molecule has 0 spiro atoms. The minimum Gasteiger partial charge on any atom is -0.493 e. The van der Waals surface area contributed by atoms with Gasteiger partial charge in [-0.3, -0.25) is 14.9 Å². The Bertz CT molecular complexity index is 534. The van der Waals surface area contributed by atoms with Gasteiger partial charge in [0.15, 0.2) is 16.6 Å². The molecule has 134 valence electrons. The van der Waals surface area contributed by atoms with E-state index >= 15 is 0 Å². The number of ether oxygens (including phenoxy) is 2. The van der Waals surface area contributed by atoms with Crippen LogP contribution in [0.2, 0.25) is 0 Å². The van der Waals surface area contributed by atoms with Gasteiger partial charge in [-0.1, -0.05) is 37.8 Å². The Balaban J connectivity index is 2.82. The monoisotopic (exact) mass is 354 g/mol. The molecule has 0 bridgehead atoms. The largest absolute Gasteiger partial charge is 0.493 e. The van der Waals surface area contributed by atoms with Gasteiger partial charge in [-0.05, 0) is 30.3 Å². The molecular weight excluding hydrogens is 330 g/mol. The van der Waals surface area contributed by atoms with Gasteiger partial charge in [0.05, 0.1) is 13.7 Å². The van der Waals surface area contributed by atoms with Crippen molar-refractivity contribution in [3.8, 4) is 11.5 Å². The third kappa shape index (κ3) is 7.12. The van der Waals surface area contributed by atoms with Crippen LogP contribution in [0.25, 0.3) is 0 Å². The summed E-state index contributed by atoms with van der Waals surface area (Å²) < 4.78 is 11.1. The number of hydrogen-bond donors (Lipinski definition) is 0. The van der Waals surface area contributed by atoms with Crippen molar-refractivity contribution in [2.24, 2.45) is 0 Å². The Labute approximate surface area is 147 Å². The molecule has 0 aliphatic heterocycles. The van der Waals surface area contributed by atoms with Crippen LogP contribution in [0, 0.1) is 16.7 Å². The molecule has 0 radical (unpaired) electrons. The van der Waals surface area contributed by atoms with Crippen LogP contribution in [-0.2, 0) is 4.79 Å². The number of unbranched alkanes of at least 4 members (excludes halogenated alkanes) is 3. The number of benzene rings is 1. The summed E-state index contributed by atoms with van der Waals surface area (Å²) in [5, 5.41) is 9.93. The molecular formula is C17H24NO5S-. The van der Waals surface area contributed by atoms with E-state index in [1.165, 1.54) is 26.9 Å². The van der Waals surface area contributed by atoms with Crippen LogP contribution in [0.3, 0.4) is 0 Å². The first-order chi connectivity index (χ1) is 11.5. The first-order valence-electron chi connectivity index (χ1n) is 7.94. The van der Waals surface area contributed by atoms with E-state index in [-0.39, 0.29) is 5.12 Å². The number of carbonyl (C=O) groups excluding carboxylic acids is 1. The zero-order chi connectivity index (χ0) is 17.9. The van der Waals surface area contributed by atoms with Gasteiger partial charge in [0.2, 0.25) is 0 Å². The van der Waals surface area contributed by atoms with Crippen molar-refractivity contribution in [3.63, 3.8) is 0 Å². The number of nitro groups is 1. The Morgan fingerprint density at radius 1 is 1.33 bits per heavy atom. The molecule has 0 amide bonds. The van der Waals surface area contributed by atoms with Gasteiger partial charge >= 0.3 is 0 Å². The number of carbonyl (C=O) groups is 1. The van der Waals surface area contributed by atoms with Gasteiger partial charge in [0, 0.05) is 6.92 Å². The lowest BCUT2D eigenvalue weighted by Crippen LogP contribution is -2.06. The number of methoxy groups -OCH3 is 1. The van der Waals surface area contributed by atoms with Gasteiger partial charge < -0.3 is 9.47 Å². The van der Waals surface area contributed by atoms with Gasteiger partial charge in [0.1, 0.15) is 0 Å². The first-order valence-corrected chi connectivity index (χ1v) is 8.82. The maximum atomic E-state index is 11.3. The molecule has 0 N–H and O–H groups in total. The predicted molar refractivity (Wildman–Crippen MR) is 94.9 cm³/mol. The van der Waals surface area contributed by atoms with E-state index in [9.17, 15) is 14.9 Å². The molecule has 1 atom stereocenters. The Kier molecular flexibility index (Phi) is 9.07. The predicted octanol–water partition coefficient (Wildman–Crippen LogP) is 4.41.